The minimum atomic E-state index is -1.52. The molecule has 9 aromatic carbocycles. The Kier molecular flexibility index (Phi) is 30.2. The van der Waals surface area contributed by atoms with Gasteiger partial charge in [-0.3, -0.25) is 52.3 Å². The van der Waals surface area contributed by atoms with Crippen LogP contribution in [0.15, 0.2) is 275 Å². The number of nitrogens with one attached hydrogen (secondary N) is 4. The Hall–Kier alpha value is -18.3. The lowest BCUT2D eigenvalue weighted by molar-refractivity contribution is -0.160. The summed E-state index contributed by atoms with van der Waals surface area (Å²) in [5.41, 5.74) is -0.172. The van der Waals surface area contributed by atoms with Crippen molar-refractivity contribution in [3.05, 3.63) is 338 Å². The number of amides is 6. The fourth-order valence-electron chi connectivity index (χ4n) is 13.9. The van der Waals surface area contributed by atoms with E-state index in [1.54, 1.807) is 164 Å². The number of hydrazine groups is 1. The van der Waals surface area contributed by atoms with Gasteiger partial charge in [-0.2, -0.15) is 0 Å². The molecule has 135 heavy (non-hydrogen) atoms. The summed E-state index contributed by atoms with van der Waals surface area (Å²) in [4.78, 5) is 192. The van der Waals surface area contributed by atoms with Gasteiger partial charge in [0.05, 0.1) is 57.6 Å². The van der Waals surface area contributed by atoms with Gasteiger partial charge in [-0.25, -0.2) is 48.8 Å². The van der Waals surface area contributed by atoms with Gasteiger partial charge in [-0.15, -0.1) is 0 Å². The number of fused-ring (bicyclic) bond motifs is 3. The third-order valence-corrected chi connectivity index (χ3v) is 20.2. The van der Waals surface area contributed by atoms with Gasteiger partial charge in [0.25, 0.3) is 41.4 Å². The van der Waals surface area contributed by atoms with Crippen LogP contribution < -0.4 is 45.6 Å². The molecule has 0 saturated carbocycles. The van der Waals surface area contributed by atoms with Crippen molar-refractivity contribution >= 4 is 111 Å². The SMILES string of the molecule is O=C(COCC(=O)N1CCCN1C(=O)CNC(=O)c1ccco1)Nc1ccc2c(c1)OCO2.O=C(Nc1cc(NC(=O)c2ccccc2)c(C(=O)O)cc1C(=O)O)c1ccccc1.O=C(O)C1=CC(O)c2c(cccc2OCC(O)COc2cccc3oc(C(=O)O)cc(=O)c23)C1.O=C(O)c1cc(C(=O)O)c(C(=O)n2ccnc2-c2ccccc2)cc1C(=O)n1ccnc1-c1ccccc1. The maximum Gasteiger partial charge on any atom is 0.371 e. The van der Waals surface area contributed by atoms with E-state index in [0.717, 1.165) is 39.5 Å². The van der Waals surface area contributed by atoms with Crippen LogP contribution >= 0.6 is 0 Å². The molecule has 0 spiro atoms. The average Bonchev–Trinajstić information content (AvgIpc) is 1.74. The lowest BCUT2D eigenvalue weighted by Gasteiger charge is -2.27. The first-order valence-electron chi connectivity index (χ1n) is 40.4. The molecule has 2 atom stereocenters. The molecule has 2 unspecified atom stereocenters. The van der Waals surface area contributed by atoms with Crippen LogP contribution in [0.3, 0.4) is 0 Å². The molecule has 0 radical (unpaired) electrons. The number of carbonyl (C=O) groups excluding carboxylic acids is 8. The van der Waals surface area contributed by atoms with E-state index < -0.39 is 129 Å². The summed E-state index contributed by atoms with van der Waals surface area (Å²) >= 11 is 0. The van der Waals surface area contributed by atoms with Crippen LogP contribution in [0.4, 0.5) is 17.1 Å². The highest BCUT2D eigenvalue weighted by Gasteiger charge is 2.34. The molecule has 13 aromatic rings. The van der Waals surface area contributed by atoms with Gasteiger partial charge in [0.15, 0.2) is 22.7 Å². The molecular weight excluding hydrogens is 1760 g/mol. The zero-order chi connectivity index (χ0) is 96.1. The van der Waals surface area contributed by atoms with Gasteiger partial charge in [0.1, 0.15) is 72.8 Å². The van der Waals surface area contributed by atoms with Gasteiger partial charge >= 0.3 is 35.8 Å². The molecule has 2 aliphatic heterocycles. The number of aliphatic hydroxyl groups is 2. The van der Waals surface area contributed by atoms with Crippen LogP contribution in [0.2, 0.25) is 0 Å². The Morgan fingerprint density at radius 1 is 0.481 bits per heavy atom. The van der Waals surface area contributed by atoms with Crippen molar-refractivity contribution in [1.82, 2.24) is 34.4 Å². The standard InChI is InChI=1S/C28H18N4O6.C24H20O10.C22H16N2O6.C21H22N4O8/c33-25(31-13-11-29-23(31)17-7-3-1-4-8-17)19-15-20(22(28(37)38)16-21(19)27(35)36)26(34)32-14-12-30-24(32)18-9-5-2-6-10-18;25-14(10-32-17-4-1-3-12-7-13(23(28)29)8-15(26)21(12)17)11-33-18-5-2-6-19-22(18)16(27)9-20(34-19)24(30)31;25-19(13-7-3-1-4-8-13)23-17-12-18(16(22(29)30)11-15(17)21(27)28)24-20(26)14-9-5-2-6-10-14;26-18(23-14-4-5-15-17(9-14)33-13-32-15)11-30-12-20(28)25-7-2-6-24(25)19(27)10-22-21(29)16-3-1-8-31-16/h1-16H,(H,35,36)(H,37,38);1-6,8-9,14-15,25-26H,7,10-11H2,(H,28,29)(H,30,31);1-12H,(H,23,25)(H,24,26)(H,27,28)(H,29,30);1,3-5,8-9H,2,6-7,10-13H2,(H,22,29)(H,23,26). The molecule has 1 saturated heterocycles. The molecule has 686 valence electrons. The second-order valence-electron chi connectivity index (χ2n) is 29.1. The third kappa shape index (κ3) is 23.1. The predicted molar refractivity (Wildman–Crippen MR) is 473 cm³/mol. The van der Waals surface area contributed by atoms with Crippen LogP contribution in [0.1, 0.15) is 128 Å². The minimum absolute atomic E-state index is 0.0341. The number of anilines is 3. The van der Waals surface area contributed by atoms with Crippen LogP contribution in [0.5, 0.6) is 23.0 Å². The molecule has 0 bridgehead atoms. The number of benzene rings is 9. The van der Waals surface area contributed by atoms with Crippen LogP contribution in [0, 0.1) is 0 Å². The number of imidazole rings is 2. The number of nitrogens with zero attached hydrogens (tertiary/aromatic N) is 6. The van der Waals surface area contributed by atoms with E-state index in [-0.39, 0.29) is 120 Å². The number of carboxylic acids is 6. The second-order valence-corrected chi connectivity index (χ2v) is 29.1. The number of aromatic nitrogens is 4. The smallest absolute Gasteiger partial charge is 0.371 e. The van der Waals surface area contributed by atoms with Crippen molar-refractivity contribution < 1.29 is 140 Å². The summed E-state index contributed by atoms with van der Waals surface area (Å²) in [5, 5.41) is 90.2. The van der Waals surface area contributed by atoms with Gasteiger partial charge in [-0.05, 0) is 109 Å². The molecule has 40 nitrogen and oxygen atoms in total. The number of hydrogen-bond acceptors (Lipinski definition) is 26. The van der Waals surface area contributed by atoms with Crippen molar-refractivity contribution in [3.8, 4) is 45.8 Å². The number of carbonyl (C=O) groups is 14. The highest BCUT2D eigenvalue weighted by atomic mass is 16.7. The Labute approximate surface area is 760 Å². The summed E-state index contributed by atoms with van der Waals surface area (Å²) in [5.74, 6) is -11.4. The first-order valence-corrected chi connectivity index (χ1v) is 40.4. The Morgan fingerprint density at radius 3 is 1.54 bits per heavy atom. The van der Waals surface area contributed by atoms with E-state index >= 15 is 0 Å². The number of ether oxygens (including phenoxy) is 5. The number of aliphatic hydroxyl groups excluding tert-OH is 2. The van der Waals surface area contributed by atoms with Crippen LogP contribution in [-0.2, 0) is 30.3 Å². The summed E-state index contributed by atoms with van der Waals surface area (Å²) in [6, 6.07) is 55.8. The number of hydrogen-bond donors (Lipinski definition) is 12. The fraction of sp³-hybridized carbons (Fsp3) is 0.126. The molecule has 12 N–H and O–H groups in total. The van der Waals surface area contributed by atoms with Crippen molar-refractivity contribution in [2.24, 2.45) is 0 Å². The number of furan rings is 1. The van der Waals surface area contributed by atoms with Crippen LogP contribution in [-0.4, -0.2) is 212 Å². The van der Waals surface area contributed by atoms with E-state index in [1.165, 1.54) is 71.4 Å². The molecule has 16 rings (SSSR count). The Bertz CT molecular complexity index is 6630. The van der Waals surface area contributed by atoms with Gasteiger partial charge in [0, 0.05) is 95.5 Å². The normalized spacial score (nSPS) is 12.8. The van der Waals surface area contributed by atoms with Crippen molar-refractivity contribution in [2.45, 2.75) is 25.0 Å². The maximum atomic E-state index is 13.6. The fourth-order valence-corrected chi connectivity index (χ4v) is 13.9. The summed E-state index contributed by atoms with van der Waals surface area (Å²) in [6.45, 7) is -0.666. The van der Waals surface area contributed by atoms with E-state index in [0.29, 0.717) is 64.7 Å². The zero-order valence-electron chi connectivity index (χ0n) is 70.2. The first-order chi connectivity index (χ1) is 65.0. The number of carboxylic acid groups (broad SMARTS) is 6. The highest BCUT2D eigenvalue weighted by Crippen LogP contribution is 2.38. The Balaban J connectivity index is 0.000000153. The number of aromatic carboxylic acids is 5. The minimum Gasteiger partial charge on any atom is -0.490 e. The lowest BCUT2D eigenvalue weighted by Crippen LogP contribution is -2.49. The van der Waals surface area contributed by atoms with Crippen molar-refractivity contribution in [3.63, 3.8) is 0 Å². The van der Waals surface area contributed by atoms with Gasteiger partial charge < -0.3 is 94.6 Å². The molecule has 4 aromatic heterocycles. The number of rotatable bonds is 28. The summed E-state index contributed by atoms with van der Waals surface area (Å²) in [7, 11) is 0. The molecule has 6 amide bonds. The Morgan fingerprint density at radius 2 is 1.00 bits per heavy atom. The van der Waals surface area contributed by atoms with E-state index in [9.17, 15) is 108 Å². The first kappa shape index (κ1) is 94.3. The van der Waals surface area contributed by atoms with Gasteiger partial charge in [0.2, 0.25) is 18.5 Å². The molecule has 40 heteroatoms. The number of aliphatic carboxylic acids is 1. The average molecular weight is 1840 g/mol. The largest absolute Gasteiger partial charge is 0.490 e. The molecule has 1 aliphatic carbocycles. The van der Waals surface area contributed by atoms with Crippen molar-refractivity contribution in [1.29, 1.82) is 0 Å². The van der Waals surface area contributed by atoms with E-state index in [4.69, 9.17) is 37.6 Å². The zero-order valence-corrected chi connectivity index (χ0v) is 70.2. The molecule has 3 aliphatic rings. The maximum absolute atomic E-state index is 13.6. The molecule has 1 fully saturated rings. The summed E-state index contributed by atoms with van der Waals surface area (Å²) in [6.07, 6.45) is 6.55. The monoisotopic (exact) mass is 1840 g/mol. The van der Waals surface area contributed by atoms with Gasteiger partial charge in [-0.1, -0.05) is 115 Å². The van der Waals surface area contributed by atoms with E-state index in [2.05, 4.69) is 31.2 Å². The van der Waals surface area contributed by atoms with Crippen molar-refractivity contribution in [2.75, 3.05) is 68.8 Å². The quantitative estimate of drug-likeness (QED) is 0.0217. The topological polar surface area (TPSA) is 581 Å². The summed E-state index contributed by atoms with van der Waals surface area (Å²) < 4.78 is 39.4. The third-order valence-electron chi connectivity index (χ3n) is 20.2. The van der Waals surface area contributed by atoms with Crippen LogP contribution in [0.25, 0.3) is 33.7 Å². The highest BCUT2D eigenvalue weighted by molar-refractivity contribution is 6.15. The molecular formula is C95H76N10O30. The second kappa shape index (κ2) is 43.2. The lowest BCUT2D eigenvalue weighted by atomic mass is 9.89. The molecule has 6 heterocycles. The predicted octanol–water partition coefficient (Wildman–Crippen LogP) is 10.1. The van der Waals surface area contributed by atoms with E-state index in [1.807, 2.05) is 0 Å².